The Morgan fingerprint density at radius 1 is 1.38 bits per heavy atom. The van der Waals surface area contributed by atoms with Gasteiger partial charge in [-0.15, -0.1) is 0 Å². The van der Waals surface area contributed by atoms with Gasteiger partial charge in [-0.25, -0.2) is 4.98 Å². The summed E-state index contributed by atoms with van der Waals surface area (Å²) in [7, 11) is 0. The molecule has 0 aliphatic heterocycles. The van der Waals surface area contributed by atoms with Gasteiger partial charge in [0.25, 0.3) is 5.91 Å². The molecule has 1 heterocycles. The number of pyridine rings is 1. The Morgan fingerprint density at radius 2 is 1.95 bits per heavy atom. The molecule has 1 aromatic heterocycles. The molecule has 0 unspecified atom stereocenters. The van der Waals surface area contributed by atoms with E-state index in [0.717, 1.165) is 0 Å². The molecule has 0 radical (unpaired) electrons. The number of hydrogen-bond acceptors (Lipinski definition) is 4. The molecule has 0 aliphatic carbocycles. The molecule has 0 saturated carbocycles. The van der Waals surface area contributed by atoms with Crippen molar-refractivity contribution in [1.82, 2.24) is 4.98 Å². The van der Waals surface area contributed by atoms with Crippen LogP contribution in [-0.4, -0.2) is 27.1 Å². The fourth-order valence-corrected chi connectivity index (χ4v) is 1.36. The Labute approximate surface area is 121 Å². The van der Waals surface area contributed by atoms with Gasteiger partial charge in [0.05, 0.1) is 15.8 Å². The lowest BCUT2D eigenvalue weighted by atomic mass is 10.2. The van der Waals surface area contributed by atoms with Gasteiger partial charge in [0.2, 0.25) is 5.82 Å². The maximum absolute atomic E-state index is 13.0. The predicted molar refractivity (Wildman–Crippen MR) is 63.3 cm³/mol. The molecule has 6 nitrogen and oxygen atoms in total. The van der Waals surface area contributed by atoms with Gasteiger partial charge < -0.3 is 0 Å². The fraction of sp³-hybridized carbons (Fsp3) is 0.333. The van der Waals surface area contributed by atoms with E-state index in [1.807, 2.05) is 0 Å². The van der Waals surface area contributed by atoms with E-state index in [4.69, 9.17) is 0 Å². The molecule has 0 spiro atoms. The molecular formula is C9H5BrF5N3O3. The summed E-state index contributed by atoms with van der Waals surface area (Å²) in [6, 6.07) is 0.0922. The Balaban J connectivity index is 3.20. The second-order valence-corrected chi connectivity index (χ2v) is 4.20. The van der Waals surface area contributed by atoms with Gasteiger partial charge in [-0.05, 0) is 0 Å². The number of nitrogens with zero attached hydrogens (tertiary/aromatic N) is 2. The van der Waals surface area contributed by atoms with Crippen molar-refractivity contribution < 1.29 is 31.7 Å². The fourth-order valence-electron chi connectivity index (χ4n) is 1.10. The van der Waals surface area contributed by atoms with Gasteiger partial charge in [-0.3, -0.25) is 20.2 Å². The summed E-state index contributed by atoms with van der Waals surface area (Å²) >= 11 is 2.36. The Hall–Kier alpha value is -1.85. The molecule has 0 aromatic carbocycles. The van der Waals surface area contributed by atoms with Crippen molar-refractivity contribution in [3.05, 3.63) is 27.9 Å². The smallest absolute Gasteiger partial charge is 0.300 e. The van der Waals surface area contributed by atoms with E-state index in [0.29, 0.717) is 0 Å². The number of alkyl halides is 6. The first-order chi connectivity index (χ1) is 9.49. The summed E-state index contributed by atoms with van der Waals surface area (Å²) in [4.78, 5) is 23.5. The first-order valence-electron chi connectivity index (χ1n) is 4.96. The quantitative estimate of drug-likeness (QED) is 0.378. The van der Waals surface area contributed by atoms with Crippen molar-refractivity contribution in [3.8, 4) is 0 Å². The Bertz CT molecular complexity index is 578. The summed E-state index contributed by atoms with van der Waals surface area (Å²) < 4.78 is 63.2. The number of carbonyl (C=O) groups is 1. The minimum absolute atomic E-state index is 0.0922. The Kier molecular flexibility index (Phi) is 4.81. The van der Waals surface area contributed by atoms with Crippen LogP contribution in [-0.2, 0) is 11.0 Å². The van der Waals surface area contributed by atoms with Crippen LogP contribution in [0.5, 0.6) is 0 Å². The second-order valence-electron chi connectivity index (χ2n) is 3.64. The lowest BCUT2D eigenvalue weighted by Gasteiger charge is -2.13. The van der Waals surface area contributed by atoms with Crippen LogP contribution in [0, 0.1) is 10.1 Å². The third kappa shape index (κ3) is 4.06. The van der Waals surface area contributed by atoms with Crippen LogP contribution < -0.4 is 5.32 Å². The van der Waals surface area contributed by atoms with Crippen molar-refractivity contribution in [2.24, 2.45) is 0 Å². The molecule has 1 aromatic rings. The largest absolute Gasteiger partial charge is 0.418 e. The zero-order valence-electron chi connectivity index (χ0n) is 9.75. The molecule has 1 rings (SSSR count). The highest BCUT2D eigenvalue weighted by atomic mass is 79.9. The molecule has 0 atom stereocenters. The molecule has 0 fully saturated rings. The van der Waals surface area contributed by atoms with Gasteiger partial charge in [-0.1, -0.05) is 15.9 Å². The number of anilines is 1. The monoisotopic (exact) mass is 377 g/mol. The van der Waals surface area contributed by atoms with E-state index in [1.165, 1.54) is 5.32 Å². The van der Waals surface area contributed by atoms with Crippen LogP contribution in [0.4, 0.5) is 33.5 Å². The van der Waals surface area contributed by atoms with Gasteiger partial charge in [0, 0.05) is 12.3 Å². The van der Waals surface area contributed by atoms with E-state index in [2.05, 4.69) is 20.9 Å². The number of halogens is 6. The molecule has 116 valence electrons. The minimum Gasteiger partial charge on any atom is -0.300 e. The van der Waals surface area contributed by atoms with Crippen LogP contribution in [0.25, 0.3) is 0 Å². The van der Waals surface area contributed by atoms with E-state index in [-0.39, 0.29) is 12.3 Å². The number of rotatable bonds is 4. The van der Waals surface area contributed by atoms with Gasteiger partial charge in [0.15, 0.2) is 0 Å². The van der Waals surface area contributed by atoms with E-state index >= 15 is 0 Å². The first kappa shape index (κ1) is 17.2. The average Bonchev–Trinajstić information content (AvgIpc) is 2.37. The number of amides is 1. The number of hydrogen-bond donors (Lipinski definition) is 1. The second kappa shape index (κ2) is 5.87. The topological polar surface area (TPSA) is 85.1 Å². The lowest BCUT2D eigenvalue weighted by Crippen LogP contribution is -2.36. The number of carbonyl (C=O) groups excluding carboxylic acids is 1. The maximum Gasteiger partial charge on any atom is 0.418 e. The normalized spacial score (nSPS) is 12.1. The van der Waals surface area contributed by atoms with Crippen molar-refractivity contribution in [2.75, 3.05) is 10.6 Å². The summed E-state index contributed by atoms with van der Waals surface area (Å²) in [5.74, 6) is -6.84. The highest BCUT2D eigenvalue weighted by molar-refractivity contribution is 9.09. The predicted octanol–water partition coefficient (Wildman–Crippen LogP) is 2.98. The Morgan fingerprint density at radius 3 is 2.38 bits per heavy atom. The highest BCUT2D eigenvalue weighted by Crippen LogP contribution is 2.33. The van der Waals surface area contributed by atoms with Crippen molar-refractivity contribution >= 4 is 33.3 Å². The van der Waals surface area contributed by atoms with Crippen LogP contribution in [0.15, 0.2) is 12.3 Å². The third-order valence-corrected chi connectivity index (χ3v) is 2.83. The molecule has 0 bridgehead atoms. The zero-order valence-corrected chi connectivity index (χ0v) is 11.3. The summed E-state index contributed by atoms with van der Waals surface area (Å²) in [5.41, 5.74) is -2.69. The van der Waals surface area contributed by atoms with Crippen molar-refractivity contribution in [2.45, 2.75) is 12.1 Å². The molecule has 12 heteroatoms. The zero-order chi connectivity index (χ0) is 16.4. The minimum atomic E-state index is -4.90. The van der Waals surface area contributed by atoms with Crippen LogP contribution in [0.1, 0.15) is 5.56 Å². The van der Waals surface area contributed by atoms with Gasteiger partial charge in [-0.2, -0.15) is 22.0 Å². The van der Waals surface area contributed by atoms with E-state index < -0.39 is 45.3 Å². The first-order valence-corrected chi connectivity index (χ1v) is 6.08. The summed E-state index contributed by atoms with van der Waals surface area (Å²) in [6.45, 7) is 0. The number of aromatic nitrogens is 1. The van der Waals surface area contributed by atoms with Crippen LogP contribution in [0.2, 0.25) is 0 Å². The molecule has 21 heavy (non-hydrogen) atoms. The summed E-state index contributed by atoms with van der Waals surface area (Å²) in [5, 5.41) is 11.0. The number of nitro groups is 1. The molecule has 1 amide bonds. The van der Waals surface area contributed by atoms with Gasteiger partial charge >= 0.3 is 17.8 Å². The van der Waals surface area contributed by atoms with Gasteiger partial charge in [0.1, 0.15) is 0 Å². The average molecular weight is 378 g/mol. The molecule has 1 N–H and O–H groups in total. The van der Waals surface area contributed by atoms with Crippen molar-refractivity contribution in [3.63, 3.8) is 0 Å². The summed E-state index contributed by atoms with van der Waals surface area (Å²) in [6.07, 6.45) is -4.71. The number of nitrogens with one attached hydrogen (secondary N) is 1. The van der Waals surface area contributed by atoms with Crippen LogP contribution in [0.3, 0.4) is 0 Å². The van der Waals surface area contributed by atoms with E-state index in [9.17, 15) is 36.9 Å². The highest BCUT2D eigenvalue weighted by Gasteiger charge is 2.39. The third-order valence-electron chi connectivity index (χ3n) is 2.12. The molecule has 0 aliphatic rings. The van der Waals surface area contributed by atoms with Crippen molar-refractivity contribution in [1.29, 1.82) is 0 Å². The molecule has 0 saturated heterocycles. The lowest BCUT2D eigenvalue weighted by molar-refractivity contribution is -0.384. The van der Waals surface area contributed by atoms with E-state index in [1.54, 1.807) is 0 Å². The standard InChI is InChI=1S/C9H5BrF5N3O3/c10-3-8(11,12)7(19)17-6-5(18(20)21)1-4(2-16-6)9(13,14)15/h1-2H,3H2,(H,16,17,19). The SMILES string of the molecule is O=C(Nc1ncc(C(F)(F)F)cc1[N+](=O)[O-])C(F)(F)CBr. The van der Waals surface area contributed by atoms with Crippen LogP contribution >= 0.6 is 15.9 Å². The molecular weight excluding hydrogens is 373 g/mol. The maximum atomic E-state index is 13.0.